The smallest absolute Gasteiger partial charge is 0.416 e. The van der Waals surface area contributed by atoms with Gasteiger partial charge in [-0.3, -0.25) is 9.69 Å². The molecular formula is C23H24F3N3O3. The Bertz CT molecular complexity index is 966. The van der Waals surface area contributed by atoms with E-state index >= 15 is 0 Å². The van der Waals surface area contributed by atoms with Gasteiger partial charge in [-0.15, -0.1) is 0 Å². The molecular weight excluding hydrogens is 423 g/mol. The third-order valence-electron chi connectivity index (χ3n) is 5.18. The van der Waals surface area contributed by atoms with Crippen LogP contribution in [0.3, 0.4) is 0 Å². The number of carboxylic acids is 1. The van der Waals surface area contributed by atoms with E-state index in [4.69, 9.17) is 5.11 Å². The highest BCUT2D eigenvalue weighted by Crippen LogP contribution is 2.31. The molecule has 0 radical (unpaired) electrons. The van der Waals surface area contributed by atoms with Crippen molar-refractivity contribution in [3.63, 3.8) is 0 Å². The predicted octanol–water partition coefficient (Wildman–Crippen LogP) is 3.95. The van der Waals surface area contributed by atoms with Crippen LogP contribution in [-0.4, -0.2) is 54.6 Å². The van der Waals surface area contributed by atoms with E-state index in [1.807, 2.05) is 4.90 Å². The summed E-state index contributed by atoms with van der Waals surface area (Å²) in [7, 11) is 0. The Kier molecular flexibility index (Phi) is 7.53. The number of nitrogens with zero attached hydrogens (tertiary/aromatic N) is 2. The summed E-state index contributed by atoms with van der Waals surface area (Å²) in [6, 6.07) is 12.2. The second-order valence-electron chi connectivity index (χ2n) is 7.47. The number of amides is 1. The van der Waals surface area contributed by atoms with Gasteiger partial charge in [0.25, 0.3) is 0 Å². The predicted molar refractivity (Wildman–Crippen MR) is 116 cm³/mol. The number of aliphatic carboxylic acids is 1. The van der Waals surface area contributed by atoms with Crippen LogP contribution in [-0.2, 0) is 15.8 Å². The lowest BCUT2D eigenvalue weighted by Crippen LogP contribution is -2.47. The minimum atomic E-state index is -4.36. The van der Waals surface area contributed by atoms with Gasteiger partial charge < -0.3 is 15.3 Å². The number of anilines is 2. The van der Waals surface area contributed by atoms with Crippen LogP contribution in [0.5, 0.6) is 0 Å². The van der Waals surface area contributed by atoms with Gasteiger partial charge in [-0.2, -0.15) is 13.2 Å². The lowest BCUT2D eigenvalue weighted by Gasteiger charge is -2.36. The minimum Gasteiger partial charge on any atom is -0.478 e. The first-order valence-electron chi connectivity index (χ1n) is 10.2. The first-order valence-corrected chi connectivity index (χ1v) is 10.2. The van der Waals surface area contributed by atoms with Crippen LogP contribution in [0.4, 0.5) is 24.5 Å². The molecule has 3 rings (SSSR count). The van der Waals surface area contributed by atoms with Crippen molar-refractivity contribution < 1.29 is 27.9 Å². The van der Waals surface area contributed by atoms with Crippen molar-refractivity contribution in [2.75, 3.05) is 42.9 Å². The lowest BCUT2D eigenvalue weighted by atomic mass is 10.1. The van der Waals surface area contributed by atoms with Crippen LogP contribution in [0.2, 0.25) is 0 Å². The molecule has 0 unspecified atom stereocenters. The van der Waals surface area contributed by atoms with Gasteiger partial charge in [0.1, 0.15) is 0 Å². The molecule has 1 saturated heterocycles. The van der Waals surface area contributed by atoms with Crippen LogP contribution in [0.25, 0.3) is 6.08 Å². The highest BCUT2D eigenvalue weighted by Gasteiger charge is 2.31. The maximum absolute atomic E-state index is 12.9. The Balaban J connectivity index is 1.43. The van der Waals surface area contributed by atoms with Crippen molar-refractivity contribution in [3.8, 4) is 0 Å². The number of carbonyl (C=O) groups excluding carboxylic acids is 1. The van der Waals surface area contributed by atoms with Gasteiger partial charge in [0, 0.05) is 56.6 Å². The van der Waals surface area contributed by atoms with Gasteiger partial charge in [-0.05, 0) is 42.0 Å². The molecule has 6 nitrogen and oxygen atoms in total. The normalized spacial score (nSPS) is 15.2. The summed E-state index contributed by atoms with van der Waals surface area (Å²) in [5.74, 6) is -1.17. The molecule has 1 heterocycles. The first kappa shape index (κ1) is 23.3. The van der Waals surface area contributed by atoms with Crippen molar-refractivity contribution in [3.05, 3.63) is 65.7 Å². The van der Waals surface area contributed by atoms with Crippen LogP contribution >= 0.6 is 0 Å². The summed E-state index contributed by atoms with van der Waals surface area (Å²) in [4.78, 5) is 26.8. The van der Waals surface area contributed by atoms with Crippen molar-refractivity contribution in [1.82, 2.24) is 4.90 Å². The molecule has 0 bridgehead atoms. The summed E-state index contributed by atoms with van der Waals surface area (Å²) in [5.41, 5.74) is 1.24. The van der Waals surface area contributed by atoms with E-state index in [-0.39, 0.29) is 5.91 Å². The Morgan fingerprint density at radius 1 is 1.03 bits per heavy atom. The molecule has 170 valence electrons. The number of alkyl halides is 3. The zero-order valence-corrected chi connectivity index (χ0v) is 17.3. The monoisotopic (exact) mass is 447 g/mol. The molecule has 1 aliphatic rings. The summed E-state index contributed by atoms with van der Waals surface area (Å²) >= 11 is 0. The standard InChI is InChI=1S/C23H24F3N3O3/c24-23(25,26)18-2-1-3-20(16-18)29-14-12-28(13-15-29)11-10-21(30)27-19-7-4-17(5-8-19)6-9-22(31)32/h1-9,16H,10-15H2,(H,27,30)(H,31,32). The fourth-order valence-electron chi connectivity index (χ4n) is 3.44. The van der Waals surface area contributed by atoms with Gasteiger partial charge in [0.15, 0.2) is 0 Å². The van der Waals surface area contributed by atoms with E-state index in [1.54, 1.807) is 30.3 Å². The molecule has 2 N–H and O–H groups in total. The zero-order chi connectivity index (χ0) is 23.1. The summed E-state index contributed by atoms with van der Waals surface area (Å²) < 4.78 is 38.8. The number of nitrogens with one attached hydrogen (secondary N) is 1. The molecule has 0 atom stereocenters. The Morgan fingerprint density at radius 2 is 1.72 bits per heavy atom. The highest BCUT2D eigenvalue weighted by molar-refractivity contribution is 5.91. The van der Waals surface area contributed by atoms with E-state index < -0.39 is 17.7 Å². The van der Waals surface area contributed by atoms with Crippen LogP contribution < -0.4 is 10.2 Å². The Hall–Kier alpha value is -3.33. The number of halogens is 3. The van der Waals surface area contributed by atoms with Gasteiger partial charge in [0.05, 0.1) is 5.56 Å². The average molecular weight is 447 g/mol. The topological polar surface area (TPSA) is 72.9 Å². The van der Waals surface area contributed by atoms with E-state index in [1.165, 1.54) is 18.2 Å². The number of carbonyl (C=O) groups is 2. The number of carboxylic acid groups (broad SMARTS) is 1. The third kappa shape index (κ3) is 6.84. The van der Waals surface area contributed by atoms with Crippen LogP contribution in [0.1, 0.15) is 17.5 Å². The molecule has 0 spiro atoms. The Labute approximate surface area is 183 Å². The molecule has 1 amide bonds. The van der Waals surface area contributed by atoms with Crippen molar-refractivity contribution in [2.45, 2.75) is 12.6 Å². The number of piperazine rings is 1. The highest BCUT2D eigenvalue weighted by atomic mass is 19.4. The van der Waals surface area contributed by atoms with E-state index in [9.17, 15) is 22.8 Å². The Morgan fingerprint density at radius 3 is 2.34 bits per heavy atom. The molecule has 32 heavy (non-hydrogen) atoms. The number of hydrogen-bond acceptors (Lipinski definition) is 4. The minimum absolute atomic E-state index is 0.140. The largest absolute Gasteiger partial charge is 0.478 e. The SMILES string of the molecule is O=C(O)C=Cc1ccc(NC(=O)CCN2CCN(c3cccc(C(F)(F)F)c3)CC2)cc1. The average Bonchev–Trinajstić information content (AvgIpc) is 2.77. The third-order valence-corrected chi connectivity index (χ3v) is 5.18. The molecule has 1 fully saturated rings. The molecule has 0 aromatic heterocycles. The quantitative estimate of drug-likeness (QED) is 0.629. The van der Waals surface area contributed by atoms with E-state index in [0.717, 1.165) is 12.1 Å². The van der Waals surface area contributed by atoms with Gasteiger partial charge in [0.2, 0.25) is 5.91 Å². The maximum Gasteiger partial charge on any atom is 0.416 e. The molecule has 0 saturated carbocycles. The van der Waals surface area contributed by atoms with Gasteiger partial charge >= 0.3 is 12.1 Å². The zero-order valence-electron chi connectivity index (χ0n) is 17.3. The molecule has 1 aliphatic heterocycles. The second-order valence-corrected chi connectivity index (χ2v) is 7.47. The summed E-state index contributed by atoms with van der Waals surface area (Å²) in [6.07, 6.45) is -1.56. The van der Waals surface area contributed by atoms with E-state index in [0.29, 0.717) is 56.1 Å². The van der Waals surface area contributed by atoms with Crippen molar-refractivity contribution >= 4 is 29.3 Å². The summed E-state index contributed by atoms with van der Waals surface area (Å²) in [5, 5.41) is 11.4. The van der Waals surface area contributed by atoms with Crippen LogP contribution in [0, 0.1) is 0 Å². The first-order chi connectivity index (χ1) is 15.2. The van der Waals surface area contributed by atoms with Gasteiger partial charge in [-0.1, -0.05) is 18.2 Å². The fourth-order valence-corrected chi connectivity index (χ4v) is 3.44. The molecule has 2 aromatic carbocycles. The van der Waals surface area contributed by atoms with Crippen molar-refractivity contribution in [1.29, 1.82) is 0 Å². The summed E-state index contributed by atoms with van der Waals surface area (Å²) in [6.45, 7) is 3.06. The number of rotatable bonds is 7. The molecule has 9 heteroatoms. The second kappa shape index (κ2) is 10.3. The number of benzene rings is 2. The fraction of sp³-hybridized carbons (Fsp3) is 0.304. The maximum atomic E-state index is 12.9. The van der Waals surface area contributed by atoms with Crippen LogP contribution in [0.15, 0.2) is 54.6 Å². The lowest BCUT2D eigenvalue weighted by molar-refractivity contribution is -0.137. The van der Waals surface area contributed by atoms with Crippen molar-refractivity contribution in [2.24, 2.45) is 0 Å². The van der Waals surface area contributed by atoms with E-state index in [2.05, 4.69) is 10.2 Å². The van der Waals surface area contributed by atoms with Gasteiger partial charge in [-0.25, -0.2) is 4.79 Å². The molecule has 2 aromatic rings. The number of hydrogen-bond donors (Lipinski definition) is 2. The molecule has 0 aliphatic carbocycles.